The molecule has 7 heteroatoms. The lowest BCUT2D eigenvalue weighted by Crippen LogP contribution is -2.23. The molecule has 2 atom stereocenters. The number of amides is 1. The molecule has 0 spiro atoms. The molecular formula is C9H16N4O3. The number of carbonyl (C=O) groups is 1. The Kier molecular flexibility index (Phi) is 3.97. The van der Waals surface area contributed by atoms with Crippen LogP contribution in [0.2, 0.25) is 0 Å². The first kappa shape index (κ1) is 12.6. The van der Waals surface area contributed by atoms with E-state index in [1.54, 1.807) is 13.8 Å². The number of nitrogens with two attached hydrogens (primary N) is 1. The highest BCUT2D eigenvalue weighted by molar-refractivity contribution is 5.91. The van der Waals surface area contributed by atoms with E-state index in [4.69, 9.17) is 10.5 Å². The van der Waals surface area contributed by atoms with Gasteiger partial charge < -0.3 is 15.6 Å². The van der Waals surface area contributed by atoms with Gasteiger partial charge in [0, 0.05) is 7.11 Å². The summed E-state index contributed by atoms with van der Waals surface area (Å²) >= 11 is 0. The van der Waals surface area contributed by atoms with E-state index in [0.29, 0.717) is 5.69 Å². The summed E-state index contributed by atoms with van der Waals surface area (Å²) in [5, 5.41) is 17.0. The summed E-state index contributed by atoms with van der Waals surface area (Å²) in [6.07, 6.45) is -0.613. The van der Waals surface area contributed by atoms with Gasteiger partial charge in [-0.3, -0.25) is 4.79 Å². The van der Waals surface area contributed by atoms with Crippen LogP contribution in [0, 0.1) is 0 Å². The molecule has 0 bridgehead atoms. The molecule has 7 nitrogen and oxygen atoms in total. The molecule has 16 heavy (non-hydrogen) atoms. The van der Waals surface area contributed by atoms with Crippen molar-refractivity contribution in [3.8, 4) is 0 Å². The lowest BCUT2D eigenvalue weighted by molar-refractivity contribution is 0.0985. The summed E-state index contributed by atoms with van der Waals surface area (Å²) in [4.78, 5) is 11.1. The zero-order valence-corrected chi connectivity index (χ0v) is 9.54. The Hall–Kier alpha value is -1.47. The molecule has 1 aromatic heterocycles. The number of rotatable bonds is 5. The molecule has 0 aliphatic rings. The number of aliphatic hydroxyl groups is 1. The number of aliphatic hydroxyl groups excluding tert-OH is 1. The third-order valence-corrected chi connectivity index (χ3v) is 2.39. The van der Waals surface area contributed by atoms with Crippen molar-refractivity contribution in [3.05, 3.63) is 11.4 Å². The first-order valence-corrected chi connectivity index (χ1v) is 4.89. The summed E-state index contributed by atoms with van der Waals surface area (Å²) in [6.45, 7) is 3.57. The van der Waals surface area contributed by atoms with Crippen LogP contribution >= 0.6 is 0 Å². The fourth-order valence-corrected chi connectivity index (χ4v) is 1.31. The average Bonchev–Trinajstić information content (AvgIpc) is 2.61. The van der Waals surface area contributed by atoms with E-state index in [9.17, 15) is 9.90 Å². The van der Waals surface area contributed by atoms with E-state index in [1.807, 2.05) is 0 Å². The van der Waals surface area contributed by atoms with Crippen molar-refractivity contribution in [2.45, 2.75) is 32.6 Å². The quantitative estimate of drug-likeness (QED) is 0.704. The number of hydrogen-bond acceptors (Lipinski definition) is 5. The van der Waals surface area contributed by atoms with Crippen molar-refractivity contribution in [1.82, 2.24) is 15.0 Å². The number of aromatic nitrogens is 3. The molecule has 1 aromatic rings. The summed E-state index contributed by atoms with van der Waals surface area (Å²) in [5.74, 6) is -0.656. The van der Waals surface area contributed by atoms with Crippen molar-refractivity contribution in [2.24, 2.45) is 5.73 Å². The minimum Gasteiger partial charge on any atom is -0.391 e. The molecule has 0 radical (unpaired) electrons. The van der Waals surface area contributed by atoms with Gasteiger partial charge in [0.25, 0.3) is 5.91 Å². The predicted octanol–water partition coefficient (Wildman–Crippen LogP) is -0.535. The number of nitrogens with zero attached hydrogens (tertiary/aromatic N) is 3. The Labute approximate surface area is 93.2 Å². The van der Waals surface area contributed by atoms with E-state index in [1.165, 1.54) is 11.8 Å². The third kappa shape index (κ3) is 2.37. The van der Waals surface area contributed by atoms with E-state index >= 15 is 0 Å². The second-order valence-corrected chi connectivity index (χ2v) is 3.61. The zero-order valence-electron chi connectivity index (χ0n) is 9.54. The van der Waals surface area contributed by atoms with Crippen molar-refractivity contribution in [1.29, 1.82) is 0 Å². The topological polar surface area (TPSA) is 103 Å². The summed E-state index contributed by atoms with van der Waals surface area (Å²) < 4.78 is 6.41. The van der Waals surface area contributed by atoms with Crippen LogP contribution in [0.15, 0.2) is 0 Å². The highest BCUT2D eigenvalue weighted by Gasteiger charge is 2.22. The molecule has 1 amide bonds. The van der Waals surface area contributed by atoms with Gasteiger partial charge in [-0.25, -0.2) is 4.68 Å². The van der Waals surface area contributed by atoms with E-state index < -0.39 is 12.0 Å². The Bertz CT molecular complexity index is 375. The number of primary amides is 1. The Morgan fingerprint density at radius 2 is 2.25 bits per heavy atom. The molecule has 0 fully saturated rings. The molecule has 1 rings (SSSR count). The molecule has 3 N–H and O–H groups in total. The maximum atomic E-state index is 11.1. The lowest BCUT2D eigenvalue weighted by Gasteiger charge is -2.17. The molecular weight excluding hydrogens is 212 g/mol. The van der Waals surface area contributed by atoms with Crippen molar-refractivity contribution < 1.29 is 14.6 Å². The first-order valence-electron chi connectivity index (χ1n) is 4.89. The average molecular weight is 228 g/mol. The van der Waals surface area contributed by atoms with Crippen LogP contribution < -0.4 is 5.73 Å². The van der Waals surface area contributed by atoms with Crippen LogP contribution in [-0.4, -0.2) is 39.2 Å². The van der Waals surface area contributed by atoms with Gasteiger partial charge in [-0.2, -0.15) is 0 Å². The number of carbonyl (C=O) groups excluding carboxylic acids is 1. The molecule has 0 aliphatic heterocycles. The highest BCUT2D eigenvalue weighted by Crippen LogP contribution is 2.15. The van der Waals surface area contributed by atoms with Crippen LogP contribution in [-0.2, 0) is 11.3 Å². The van der Waals surface area contributed by atoms with E-state index in [0.717, 1.165) is 0 Å². The van der Waals surface area contributed by atoms with Crippen LogP contribution in [0.25, 0.3) is 0 Å². The van der Waals surface area contributed by atoms with Gasteiger partial charge in [-0.1, -0.05) is 5.21 Å². The highest BCUT2D eigenvalue weighted by atomic mass is 16.5. The second kappa shape index (κ2) is 5.04. The maximum absolute atomic E-state index is 11.1. The second-order valence-electron chi connectivity index (χ2n) is 3.61. The van der Waals surface area contributed by atoms with Gasteiger partial charge >= 0.3 is 0 Å². The van der Waals surface area contributed by atoms with Gasteiger partial charge in [0.05, 0.1) is 24.4 Å². The molecule has 0 aromatic carbocycles. The Morgan fingerprint density at radius 3 is 2.69 bits per heavy atom. The normalized spacial score (nSPS) is 14.8. The zero-order chi connectivity index (χ0) is 12.3. The maximum Gasteiger partial charge on any atom is 0.271 e. The van der Waals surface area contributed by atoms with Gasteiger partial charge in [-0.15, -0.1) is 5.10 Å². The fourth-order valence-electron chi connectivity index (χ4n) is 1.31. The fraction of sp³-hybridized carbons (Fsp3) is 0.667. The SMILES string of the molecule is COCc1c(C(N)=O)nnn1C(C)C(C)O. The van der Waals surface area contributed by atoms with Crippen LogP contribution in [0.3, 0.4) is 0 Å². The van der Waals surface area contributed by atoms with Crippen molar-refractivity contribution in [2.75, 3.05) is 7.11 Å². The standard InChI is InChI=1S/C9H16N4O3/c1-5(6(2)14)13-7(4-16-3)8(9(10)15)11-12-13/h5-6,14H,4H2,1-3H3,(H2,10,15). The van der Waals surface area contributed by atoms with E-state index in [-0.39, 0.29) is 18.3 Å². The number of ether oxygens (including phenoxy) is 1. The van der Waals surface area contributed by atoms with Crippen LogP contribution in [0.4, 0.5) is 0 Å². The lowest BCUT2D eigenvalue weighted by atomic mass is 10.2. The predicted molar refractivity (Wildman–Crippen MR) is 55.6 cm³/mol. The minimum absolute atomic E-state index is 0.0781. The molecule has 0 saturated carbocycles. The summed E-state index contributed by atoms with van der Waals surface area (Å²) in [6, 6.07) is -0.300. The van der Waals surface area contributed by atoms with Gasteiger partial charge in [0.1, 0.15) is 0 Å². The largest absolute Gasteiger partial charge is 0.391 e. The molecule has 0 aliphatic carbocycles. The molecule has 90 valence electrons. The van der Waals surface area contributed by atoms with Crippen molar-refractivity contribution >= 4 is 5.91 Å². The monoisotopic (exact) mass is 228 g/mol. The van der Waals surface area contributed by atoms with Gasteiger partial charge in [-0.05, 0) is 13.8 Å². The minimum atomic E-state index is -0.656. The molecule has 2 unspecified atom stereocenters. The summed E-state index contributed by atoms with van der Waals surface area (Å²) in [7, 11) is 1.50. The third-order valence-electron chi connectivity index (χ3n) is 2.39. The summed E-state index contributed by atoms with van der Waals surface area (Å²) in [5.41, 5.74) is 5.72. The Morgan fingerprint density at radius 1 is 1.62 bits per heavy atom. The smallest absolute Gasteiger partial charge is 0.271 e. The van der Waals surface area contributed by atoms with Gasteiger partial charge in [0.2, 0.25) is 0 Å². The van der Waals surface area contributed by atoms with Crippen LogP contribution in [0.1, 0.15) is 36.1 Å². The van der Waals surface area contributed by atoms with Crippen LogP contribution in [0.5, 0.6) is 0 Å². The molecule has 1 heterocycles. The molecule has 0 saturated heterocycles. The van der Waals surface area contributed by atoms with E-state index in [2.05, 4.69) is 10.3 Å². The first-order chi connectivity index (χ1) is 7.49. The number of hydrogen-bond donors (Lipinski definition) is 2. The number of methoxy groups -OCH3 is 1. The Balaban J connectivity index is 3.14. The van der Waals surface area contributed by atoms with Crippen molar-refractivity contribution in [3.63, 3.8) is 0 Å². The van der Waals surface area contributed by atoms with Gasteiger partial charge in [0.15, 0.2) is 5.69 Å².